The van der Waals surface area contributed by atoms with E-state index in [1.165, 1.54) is 51.4 Å². The fourth-order valence-corrected chi connectivity index (χ4v) is 2.46. The third-order valence-corrected chi connectivity index (χ3v) is 3.88. The fraction of sp³-hybridized carbons (Fsp3) is 0.867. The Kier molecular flexibility index (Phi) is 15.1. The first-order valence-electron chi connectivity index (χ1n) is 7.36. The zero-order valence-corrected chi connectivity index (χ0v) is 12.6. The van der Waals surface area contributed by atoms with E-state index < -0.39 is 6.10 Å². The number of thioether (sulfide) groups is 1. The van der Waals surface area contributed by atoms with Crippen LogP contribution in [0.2, 0.25) is 0 Å². The lowest BCUT2D eigenvalue weighted by molar-refractivity contribution is 0.113. The van der Waals surface area contributed by atoms with Gasteiger partial charge in [-0.1, -0.05) is 57.9 Å². The molecule has 1 unspecified atom stereocenters. The molecule has 0 saturated carbocycles. The van der Waals surface area contributed by atoms with Gasteiger partial charge in [0.25, 0.3) is 0 Å². The second kappa shape index (κ2) is 15.1. The first-order valence-corrected chi connectivity index (χ1v) is 8.41. The van der Waals surface area contributed by atoms with Gasteiger partial charge < -0.3 is 10.2 Å². The molecular formula is C15H30O2S. The molecule has 0 rings (SSSR count). The number of unbranched alkanes of at least 4 members (excludes halogenated alkanes) is 8. The molecule has 0 bridgehead atoms. The predicted molar refractivity (Wildman–Crippen MR) is 81.9 cm³/mol. The number of allylic oxidation sites excluding steroid dienone is 1. The van der Waals surface area contributed by atoms with E-state index in [4.69, 9.17) is 10.2 Å². The van der Waals surface area contributed by atoms with Gasteiger partial charge >= 0.3 is 0 Å². The molecule has 0 fully saturated rings. The van der Waals surface area contributed by atoms with E-state index >= 15 is 0 Å². The molecule has 1 atom stereocenters. The first kappa shape index (κ1) is 18.0. The highest BCUT2D eigenvalue weighted by Gasteiger charge is 1.98. The largest absolute Gasteiger partial charge is 0.394 e. The summed E-state index contributed by atoms with van der Waals surface area (Å²) in [7, 11) is 0. The number of hydrogen-bond donors (Lipinski definition) is 2. The molecule has 108 valence electrons. The molecule has 0 aromatic carbocycles. The Bertz CT molecular complexity index is 183. The van der Waals surface area contributed by atoms with Gasteiger partial charge in [0.05, 0.1) is 12.7 Å². The lowest BCUT2D eigenvalue weighted by atomic mass is 10.1. The van der Waals surface area contributed by atoms with Crippen molar-refractivity contribution in [3.8, 4) is 0 Å². The van der Waals surface area contributed by atoms with Gasteiger partial charge in [-0.3, -0.25) is 0 Å². The maximum atomic E-state index is 9.11. The van der Waals surface area contributed by atoms with Gasteiger partial charge in [-0.2, -0.15) is 0 Å². The third-order valence-electron chi connectivity index (χ3n) is 2.92. The van der Waals surface area contributed by atoms with Gasteiger partial charge in [-0.05, 0) is 18.2 Å². The van der Waals surface area contributed by atoms with Crippen molar-refractivity contribution >= 4 is 11.8 Å². The maximum absolute atomic E-state index is 9.11. The van der Waals surface area contributed by atoms with E-state index in [1.54, 1.807) is 11.8 Å². The molecule has 0 amide bonds. The quantitative estimate of drug-likeness (QED) is 0.496. The van der Waals surface area contributed by atoms with E-state index in [0.717, 1.165) is 6.42 Å². The topological polar surface area (TPSA) is 40.5 Å². The van der Waals surface area contributed by atoms with Crippen molar-refractivity contribution in [2.45, 2.75) is 70.8 Å². The number of aliphatic hydroxyl groups excluding tert-OH is 2. The first-order chi connectivity index (χ1) is 8.81. The van der Waals surface area contributed by atoms with Crippen LogP contribution >= 0.6 is 11.8 Å². The highest BCUT2D eigenvalue weighted by molar-refractivity contribution is 8.02. The number of aliphatic hydroxyl groups is 2. The van der Waals surface area contributed by atoms with E-state index in [1.807, 2.05) is 5.41 Å². The summed E-state index contributed by atoms with van der Waals surface area (Å²) in [6, 6.07) is 0. The average molecular weight is 274 g/mol. The molecule has 0 radical (unpaired) electrons. The molecule has 0 aromatic heterocycles. The fourth-order valence-electron chi connectivity index (χ4n) is 1.75. The Labute approximate surface area is 117 Å². The smallest absolute Gasteiger partial charge is 0.0864 e. The minimum Gasteiger partial charge on any atom is -0.394 e. The van der Waals surface area contributed by atoms with Crippen LogP contribution in [-0.4, -0.2) is 28.7 Å². The molecule has 0 saturated heterocycles. The van der Waals surface area contributed by atoms with Crippen LogP contribution in [0.4, 0.5) is 0 Å². The number of rotatable bonds is 13. The summed E-state index contributed by atoms with van der Waals surface area (Å²) < 4.78 is 0. The molecule has 0 aliphatic heterocycles. The van der Waals surface area contributed by atoms with Gasteiger partial charge in [-0.25, -0.2) is 0 Å². The van der Waals surface area contributed by atoms with Crippen molar-refractivity contribution < 1.29 is 10.2 Å². The predicted octanol–water partition coefficient (Wildman–Crippen LogP) is 4.12. The van der Waals surface area contributed by atoms with Gasteiger partial charge in [0.2, 0.25) is 0 Å². The van der Waals surface area contributed by atoms with Crippen molar-refractivity contribution in [2.75, 3.05) is 12.4 Å². The molecule has 0 aliphatic rings. The minimum absolute atomic E-state index is 0.140. The van der Waals surface area contributed by atoms with Crippen molar-refractivity contribution in [2.24, 2.45) is 0 Å². The Balaban J connectivity index is 3.08. The van der Waals surface area contributed by atoms with E-state index in [0.29, 0.717) is 5.75 Å². The second-order valence-electron chi connectivity index (χ2n) is 4.81. The van der Waals surface area contributed by atoms with Gasteiger partial charge in [0.15, 0.2) is 0 Å². The Hall–Kier alpha value is 0.01000. The lowest BCUT2D eigenvalue weighted by Gasteiger charge is -2.02. The molecule has 2 nitrogen and oxygen atoms in total. The van der Waals surface area contributed by atoms with Crippen LogP contribution in [0.5, 0.6) is 0 Å². The third kappa shape index (κ3) is 14.1. The highest BCUT2D eigenvalue weighted by Crippen LogP contribution is 2.11. The van der Waals surface area contributed by atoms with Crippen LogP contribution in [-0.2, 0) is 0 Å². The molecule has 0 spiro atoms. The lowest BCUT2D eigenvalue weighted by Crippen LogP contribution is -2.13. The molecule has 2 N–H and O–H groups in total. The molecule has 3 heteroatoms. The molecular weight excluding hydrogens is 244 g/mol. The normalized spacial score (nSPS) is 13.3. The van der Waals surface area contributed by atoms with Crippen molar-refractivity contribution in [3.05, 3.63) is 11.5 Å². The van der Waals surface area contributed by atoms with Crippen LogP contribution in [0.25, 0.3) is 0 Å². The van der Waals surface area contributed by atoms with Gasteiger partial charge in [0, 0.05) is 5.75 Å². The molecule has 0 heterocycles. The standard InChI is InChI=1S/C15H30O2S/c1-2-3-4-5-6-7-8-9-10-11-12-18-14-15(17)13-16/h11-12,15-17H,2-10,13-14H2,1H3/b12-11+. The highest BCUT2D eigenvalue weighted by atomic mass is 32.2. The summed E-state index contributed by atoms with van der Waals surface area (Å²) in [5.41, 5.74) is 0. The van der Waals surface area contributed by atoms with Crippen LogP contribution in [0.1, 0.15) is 64.7 Å². The average Bonchev–Trinajstić information content (AvgIpc) is 2.39. The molecule has 0 aliphatic carbocycles. The van der Waals surface area contributed by atoms with Gasteiger partial charge in [0.1, 0.15) is 0 Å². The Morgan fingerprint density at radius 3 is 2.22 bits per heavy atom. The maximum Gasteiger partial charge on any atom is 0.0864 e. The van der Waals surface area contributed by atoms with Crippen molar-refractivity contribution in [1.82, 2.24) is 0 Å². The van der Waals surface area contributed by atoms with Crippen molar-refractivity contribution in [1.29, 1.82) is 0 Å². The Morgan fingerprint density at radius 1 is 1.00 bits per heavy atom. The van der Waals surface area contributed by atoms with Crippen LogP contribution in [0, 0.1) is 0 Å². The monoisotopic (exact) mass is 274 g/mol. The van der Waals surface area contributed by atoms with Crippen LogP contribution in [0.15, 0.2) is 11.5 Å². The summed E-state index contributed by atoms with van der Waals surface area (Å²) in [6.07, 6.45) is 13.6. The summed E-state index contributed by atoms with van der Waals surface area (Å²) >= 11 is 1.57. The minimum atomic E-state index is -0.581. The summed E-state index contributed by atoms with van der Waals surface area (Å²) in [5, 5.41) is 19.8. The number of hydrogen-bond acceptors (Lipinski definition) is 3. The summed E-state index contributed by atoms with van der Waals surface area (Å²) in [4.78, 5) is 0. The Morgan fingerprint density at radius 2 is 1.61 bits per heavy atom. The van der Waals surface area contributed by atoms with Crippen LogP contribution < -0.4 is 0 Å². The van der Waals surface area contributed by atoms with Gasteiger partial charge in [-0.15, -0.1) is 11.8 Å². The summed E-state index contributed by atoms with van der Waals surface area (Å²) in [5.74, 6) is 0.588. The SMILES string of the molecule is CCCCCCCCCC/C=C/SCC(O)CO. The van der Waals surface area contributed by atoms with E-state index in [9.17, 15) is 0 Å². The zero-order chi connectivity index (χ0) is 13.5. The second-order valence-corrected chi connectivity index (χ2v) is 5.74. The van der Waals surface area contributed by atoms with E-state index in [2.05, 4.69) is 13.0 Å². The molecule has 0 aromatic rings. The zero-order valence-electron chi connectivity index (χ0n) is 11.8. The van der Waals surface area contributed by atoms with Crippen LogP contribution in [0.3, 0.4) is 0 Å². The summed E-state index contributed by atoms with van der Waals surface area (Å²) in [6.45, 7) is 2.11. The van der Waals surface area contributed by atoms with E-state index in [-0.39, 0.29) is 6.61 Å². The molecule has 18 heavy (non-hydrogen) atoms. The van der Waals surface area contributed by atoms with Crippen molar-refractivity contribution in [3.63, 3.8) is 0 Å².